The van der Waals surface area contributed by atoms with Crippen LogP contribution in [0.25, 0.3) is 21.8 Å². The van der Waals surface area contributed by atoms with Gasteiger partial charge in [-0.25, -0.2) is 0 Å². The monoisotopic (exact) mass is 448 g/mol. The van der Waals surface area contributed by atoms with E-state index in [-0.39, 0.29) is 6.04 Å². The number of nitrogens with zero attached hydrogens (tertiary/aromatic N) is 2. The van der Waals surface area contributed by atoms with Crippen molar-refractivity contribution in [1.29, 1.82) is 0 Å². The number of nitrogens with one attached hydrogen (secondary N) is 3. The summed E-state index contributed by atoms with van der Waals surface area (Å²) in [5.41, 5.74) is 12.1. The molecule has 0 spiro atoms. The van der Waals surface area contributed by atoms with Crippen molar-refractivity contribution in [3.8, 4) is 0 Å². The van der Waals surface area contributed by atoms with E-state index in [1.54, 1.807) is 0 Å². The third-order valence-electron chi connectivity index (χ3n) is 7.71. The van der Waals surface area contributed by atoms with Crippen molar-refractivity contribution in [2.24, 2.45) is 17.8 Å². The van der Waals surface area contributed by atoms with E-state index in [1.165, 1.54) is 41.5 Å². The molecule has 2 unspecified atom stereocenters. The van der Waals surface area contributed by atoms with E-state index in [2.05, 4.69) is 65.9 Å². The predicted octanol–water partition coefficient (Wildman–Crippen LogP) is 5.08. The summed E-state index contributed by atoms with van der Waals surface area (Å²) in [6.07, 6.45) is 6.05. The standard InChI is InChI=1S/C22H21BrN6/c23-14-7-16-13(8-25-27-16)19-17-9-1-2-10(5-9)18(17)20(26-21(14)19)11-3-4-12-15(6-11)28-29-22(12)24/h3-4,6-10,17-18,20,26H,1-2,5H2,(H,25,27)(H3,24,28,29)/t9?,10?,17-,18+,20-/m0/s1. The van der Waals surface area contributed by atoms with Crippen molar-refractivity contribution in [2.75, 3.05) is 11.1 Å². The molecule has 2 fully saturated rings. The van der Waals surface area contributed by atoms with Crippen molar-refractivity contribution in [1.82, 2.24) is 20.4 Å². The average Bonchev–Trinajstić information content (AvgIpc) is 3.51. The maximum atomic E-state index is 5.99. The second kappa shape index (κ2) is 5.53. The number of hydrogen-bond donors (Lipinski definition) is 4. The number of halogens is 1. The molecule has 4 aromatic rings. The minimum Gasteiger partial charge on any atom is -0.382 e. The largest absolute Gasteiger partial charge is 0.382 e. The number of aromatic amines is 2. The van der Waals surface area contributed by atoms with Gasteiger partial charge in [-0.1, -0.05) is 6.07 Å². The van der Waals surface area contributed by atoms with Crippen LogP contribution in [0.3, 0.4) is 0 Å². The van der Waals surface area contributed by atoms with E-state index in [1.807, 2.05) is 6.20 Å². The Morgan fingerprint density at radius 1 is 1.03 bits per heavy atom. The van der Waals surface area contributed by atoms with Gasteiger partial charge in [-0.2, -0.15) is 10.2 Å². The summed E-state index contributed by atoms with van der Waals surface area (Å²) in [6, 6.07) is 9.01. The Bertz CT molecular complexity index is 1290. The van der Waals surface area contributed by atoms with Crippen molar-refractivity contribution < 1.29 is 0 Å². The highest BCUT2D eigenvalue weighted by Gasteiger charge is 2.54. The molecule has 7 heteroatoms. The fourth-order valence-electron chi connectivity index (χ4n) is 6.63. The SMILES string of the molecule is Nc1n[nH]c2cc([C@@H]3Nc4c(Br)cc5[nH]ncc5c4[C@H]4C5CCC(C5)[C@@H]34)ccc12. The number of H-pyrrole nitrogens is 2. The molecule has 3 heterocycles. The van der Waals surface area contributed by atoms with Gasteiger partial charge in [0.1, 0.15) is 0 Å². The summed E-state index contributed by atoms with van der Waals surface area (Å²) in [5, 5.41) is 21.0. The molecule has 2 aliphatic carbocycles. The molecular formula is C22H21BrN6. The number of nitrogen functional groups attached to an aromatic ring is 1. The second-order valence-electron chi connectivity index (χ2n) is 8.95. The van der Waals surface area contributed by atoms with Crippen LogP contribution >= 0.6 is 15.9 Å². The summed E-state index contributed by atoms with van der Waals surface area (Å²) in [5.74, 6) is 3.30. The highest BCUT2D eigenvalue weighted by atomic mass is 79.9. The van der Waals surface area contributed by atoms with Crippen molar-refractivity contribution in [3.63, 3.8) is 0 Å². The fraction of sp³-hybridized carbons (Fsp3) is 0.364. The third kappa shape index (κ3) is 2.06. The second-order valence-corrected chi connectivity index (χ2v) is 9.80. The first-order valence-electron chi connectivity index (χ1n) is 10.3. The summed E-state index contributed by atoms with van der Waals surface area (Å²) in [7, 11) is 0. The van der Waals surface area contributed by atoms with Crippen molar-refractivity contribution >= 4 is 49.2 Å². The summed E-state index contributed by atoms with van der Waals surface area (Å²) >= 11 is 3.84. The van der Waals surface area contributed by atoms with Crippen LogP contribution in [0.2, 0.25) is 0 Å². The minimum atomic E-state index is 0.289. The number of fused-ring (bicyclic) bond motifs is 10. The Hall–Kier alpha value is -2.54. The molecule has 5 N–H and O–H groups in total. The third-order valence-corrected chi connectivity index (χ3v) is 8.34. The summed E-state index contributed by atoms with van der Waals surface area (Å²) < 4.78 is 1.11. The molecule has 5 atom stereocenters. The molecule has 1 aliphatic heterocycles. The molecule has 0 amide bonds. The van der Waals surface area contributed by atoms with E-state index in [4.69, 9.17) is 5.73 Å². The zero-order valence-electron chi connectivity index (χ0n) is 15.7. The van der Waals surface area contributed by atoms with E-state index in [0.29, 0.717) is 17.7 Å². The normalized spacial score (nSPS) is 29.9. The molecular weight excluding hydrogens is 428 g/mol. The van der Waals surface area contributed by atoms with Gasteiger partial charge in [0.15, 0.2) is 5.82 Å². The van der Waals surface area contributed by atoms with Crippen LogP contribution in [0.5, 0.6) is 0 Å². The van der Waals surface area contributed by atoms with Crippen LogP contribution in [-0.4, -0.2) is 20.4 Å². The summed E-state index contributed by atoms with van der Waals surface area (Å²) in [6.45, 7) is 0. The lowest BCUT2D eigenvalue weighted by Crippen LogP contribution is -2.35. The molecule has 2 aromatic heterocycles. The Morgan fingerprint density at radius 2 is 1.90 bits per heavy atom. The fourth-order valence-corrected chi connectivity index (χ4v) is 7.19. The van der Waals surface area contributed by atoms with E-state index < -0.39 is 0 Å². The van der Waals surface area contributed by atoms with Crippen LogP contribution in [-0.2, 0) is 0 Å². The first-order valence-corrected chi connectivity index (χ1v) is 11.1. The number of anilines is 2. The highest BCUT2D eigenvalue weighted by Crippen LogP contribution is 2.65. The number of benzene rings is 2. The Balaban J connectivity index is 1.45. The van der Waals surface area contributed by atoms with Gasteiger partial charge in [-0.3, -0.25) is 10.2 Å². The Kier molecular flexibility index (Phi) is 3.11. The van der Waals surface area contributed by atoms with Crippen LogP contribution in [0.4, 0.5) is 11.5 Å². The van der Waals surface area contributed by atoms with E-state index >= 15 is 0 Å². The average molecular weight is 449 g/mol. The highest BCUT2D eigenvalue weighted by molar-refractivity contribution is 9.10. The van der Waals surface area contributed by atoms with E-state index in [0.717, 1.165) is 32.7 Å². The number of rotatable bonds is 1. The number of nitrogens with two attached hydrogens (primary N) is 1. The van der Waals surface area contributed by atoms with Gasteiger partial charge >= 0.3 is 0 Å². The van der Waals surface area contributed by atoms with Gasteiger partial charge < -0.3 is 11.1 Å². The lowest BCUT2D eigenvalue weighted by Gasteiger charge is -2.44. The molecule has 2 saturated carbocycles. The van der Waals surface area contributed by atoms with Gasteiger partial charge in [0.05, 0.1) is 29.0 Å². The van der Waals surface area contributed by atoms with Crippen molar-refractivity contribution in [2.45, 2.75) is 31.2 Å². The van der Waals surface area contributed by atoms with Gasteiger partial charge in [0, 0.05) is 15.2 Å². The molecule has 7 rings (SSSR count). The first-order chi connectivity index (χ1) is 14.2. The molecule has 2 bridgehead atoms. The lowest BCUT2D eigenvalue weighted by molar-refractivity contribution is 0.249. The number of aromatic nitrogens is 4. The molecule has 0 radical (unpaired) electrons. The zero-order valence-corrected chi connectivity index (χ0v) is 17.3. The first kappa shape index (κ1) is 16.3. The quantitative estimate of drug-likeness (QED) is 0.326. The van der Waals surface area contributed by atoms with Crippen LogP contribution in [0.15, 0.2) is 34.9 Å². The van der Waals surface area contributed by atoms with Gasteiger partial charge in [0.25, 0.3) is 0 Å². The molecule has 2 aromatic carbocycles. The van der Waals surface area contributed by atoms with Gasteiger partial charge in [-0.15, -0.1) is 0 Å². The zero-order chi connectivity index (χ0) is 19.3. The smallest absolute Gasteiger partial charge is 0.153 e. The van der Waals surface area contributed by atoms with Gasteiger partial charge in [-0.05, 0) is 88.2 Å². The van der Waals surface area contributed by atoms with Gasteiger partial charge in [0.2, 0.25) is 0 Å². The molecule has 6 nitrogen and oxygen atoms in total. The molecule has 146 valence electrons. The Morgan fingerprint density at radius 3 is 2.83 bits per heavy atom. The minimum absolute atomic E-state index is 0.289. The van der Waals surface area contributed by atoms with E-state index in [9.17, 15) is 0 Å². The van der Waals surface area contributed by atoms with Crippen LogP contribution in [0.1, 0.15) is 42.3 Å². The molecule has 29 heavy (non-hydrogen) atoms. The number of hydrogen-bond acceptors (Lipinski definition) is 4. The lowest BCUT2D eigenvalue weighted by atomic mass is 9.67. The van der Waals surface area contributed by atoms with Crippen LogP contribution in [0, 0.1) is 17.8 Å². The maximum absolute atomic E-state index is 5.99. The van der Waals surface area contributed by atoms with Crippen molar-refractivity contribution in [3.05, 3.63) is 46.1 Å². The molecule has 3 aliphatic rings. The predicted molar refractivity (Wildman–Crippen MR) is 118 cm³/mol. The Labute approximate surface area is 175 Å². The van der Waals surface area contributed by atoms with Crippen LogP contribution < -0.4 is 11.1 Å². The maximum Gasteiger partial charge on any atom is 0.153 e. The topological polar surface area (TPSA) is 95.4 Å². The summed E-state index contributed by atoms with van der Waals surface area (Å²) in [4.78, 5) is 0. The molecule has 0 saturated heterocycles.